The van der Waals surface area contributed by atoms with Crippen LogP contribution in [0.4, 0.5) is 4.39 Å². The average molecular weight is 369 g/mol. The van der Waals surface area contributed by atoms with E-state index in [4.69, 9.17) is 5.73 Å². The molecule has 0 saturated heterocycles. The Labute approximate surface area is 165 Å². The summed E-state index contributed by atoms with van der Waals surface area (Å²) < 4.78 is 14.9. The second-order valence-corrected chi connectivity index (χ2v) is 7.40. The van der Waals surface area contributed by atoms with E-state index in [0.29, 0.717) is 5.56 Å². The summed E-state index contributed by atoms with van der Waals surface area (Å²) in [7, 11) is 0. The third-order valence-corrected chi connectivity index (χ3v) is 5.40. The molecule has 0 aliphatic heterocycles. The van der Waals surface area contributed by atoms with E-state index < -0.39 is 0 Å². The Hall–Kier alpha value is -2.97. The van der Waals surface area contributed by atoms with Gasteiger partial charge >= 0.3 is 0 Å². The topological polar surface area (TPSA) is 26.0 Å². The van der Waals surface area contributed by atoms with Crippen molar-refractivity contribution in [1.82, 2.24) is 0 Å². The first kappa shape index (κ1) is 18.4. The van der Waals surface area contributed by atoms with Gasteiger partial charge in [0.2, 0.25) is 0 Å². The monoisotopic (exact) mass is 369 g/mol. The van der Waals surface area contributed by atoms with Crippen LogP contribution in [-0.2, 0) is 0 Å². The lowest BCUT2D eigenvalue weighted by Gasteiger charge is -2.12. The van der Waals surface area contributed by atoms with Gasteiger partial charge < -0.3 is 5.73 Å². The van der Waals surface area contributed by atoms with Gasteiger partial charge in [0.1, 0.15) is 5.82 Å². The summed E-state index contributed by atoms with van der Waals surface area (Å²) in [5.41, 5.74) is 11.9. The highest BCUT2D eigenvalue weighted by atomic mass is 19.1. The van der Waals surface area contributed by atoms with Crippen LogP contribution < -0.4 is 5.73 Å². The molecule has 1 unspecified atom stereocenters. The lowest BCUT2D eigenvalue weighted by atomic mass is 9.96. The summed E-state index contributed by atoms with van der Waals surface area (Å²) >= 11 is 0. The summed E-state index contributed by atoms with van der Waals surface area (Å²) in [5, 5.41) is 2.22. The molecule has 0 bridgehead atoms. The van der Waals surface area contributed by atoms with Crippen LogP contribution in [0.1, 0.15) is 30.5 Å². The van der Waals surface area contributed by atoms with Gasteiger partial charge in [0.15, 0.2) is 0 Å². The first-order valence-electron chi connectivity index (χ1n) is 9.71. The quantitative estimate of drug-likeness (QED) is 0.410. The average Bonchev–Trinajstić information content (AvgIpc) is 2.73. The molecule has 28 heavy (non-hydrogen) atoms. The Morgan fingerprint density at radius 1 is 0.750 bits per heavy atom. The van der Waals surface area contributed by atoms with E-state index in [0.717, 1.165) is 39.4 Å². The van der Waals surface area contributed by atoms with E-state index in [1.165, 1.54) is 5.56 Å². The summed E-state index contributed by atoms with van der Waals surface area (Å²) in [6.45, 7) is 4.13. The van der Waals surface area contributed by atoms with Gasteiger partial charge in [0, 0.05) is 11.6 Å². The largest absolute Gasteiger partial charge is 0.324 e. The van der Waals surface area contributed by atoms with E-state index in [1.54, 1.807) is 6.07 Å². The highest BCUT2D eigenvalue weighted by Crippen LogP contribution is 2.31. The molecule has 140 valence electrons. The molecule has 4 rings (SSSR count). The van der Waals surface area contributed by atoms with Crippen LogP contribution in [0.25, 0.3) is 33.0 Å². The number of rotatable bonds is 4. The predicted octanol–water partition coefficient (Wildman–Crippen LogP) is 7.03. The Bertz CT molecular complexity index is 1130. The maximum atomic E-state index is 14.9. The molecule has 2 heteroatoms. The van der Waals surface area contributed by atoms with Crippen molar-refractivity contribution in [3.05, 3.63) is 95.8 Å². The summed E-state index contributed by atoms with van der Waals surface area (Å²) in [5.74, 6) is -0.206. The second kappa shape index (κ2) is 7.57. The molecule has 0 heterocycles. The molecule has 0 saturated carbocycles. The van der Waals surface area contributed by atoms with Crippen molar-refractivity contribution in [2.75, 3.05) is 0 Å². The summed E-state index contributed by atoms with van der Waals surface area (Å²) in [6, 6.07) is 26.0. The van der Waals surface area contributed by atoms with Crippen molar-refractivity contribution >= 4 is 10.8 Å². The Morgan fingerprint density at radius 2 is 1.39 bits per heavy atom. The van der Waals surface area contributed by atoms with Crippen LogP contribution in [0.5, 0.6) is 0 Å². The normalized spacial score (nSPS) is 12.3. The van der Waals surface area contributed by atoms with Crippen molar-refractivity contribution < 1.29 is 4.39 Å². The third kappa shape index (κ3) is 3.56. The third-order valence-electron chi connectivity index (χ3n) is 5.40. The minimum absolute atomic E-state index is 0.0517. The van der Waals surface area contributed by atoms with Crippen LogP contribution in [0.2, 0.25) is 0 Å². The molecule has 2 N–H and O–H groups in total. The Morgan fingerprint density at radius 3 is 2.11 bits per heavy atom. The van der Waals surface area contributed by atoms with E-state index in [2.05, 4.69) is 25.1 Å². The van der Waals surface area contributed by atoms with Crippen molar-refractivity contribution in [2.24, 2.45) is 5.73 Å². The van der Waals surface area contributed by atoms with Crippen molar-refractivity contribution in [2.45, 2.75) is 26.3 Å². The fraction of sp³-hybridized carbons (Fsp3) is 0.154. The van der Waals surface area contributed by atoms with Crippen molar-refractivity contribution in [3.8, 4) is 22.3 Å². The van der Waals surface area contributed by atoms with Crippen LogP contribution in [-0.4, -0.2) is 0 Å². The predicted molar refractivity (Wildman–Crippen MR) is 117 cm³/mol. The molecular formula is C26H24FN. The molecule has 1 atom stereocenters. The Balaban J connectivity index is 1.70. The van der Waals surface area contributed by atoms with Gasteiger partial charge in [-0.25, -0.2) is 4.39 Å². The van der Waals surface area contributed by atoms with Gasteiger partial charge in [-0.2, -0.15) is 0 Å². The van der Waals surface area contributed by atoms with Crippen LogP contribution in [0.3, 0.4) is 0 Å². The highest BCUT2D eigenvalue weighted by Gasteiger charge is 2.09. The Kier molecular flexibility index (Phi) is 4.97. The first-order valence-corrected chi connectivity index (χ1v) is 9.71. The molecule has 0 amide bonds. The maximum absolute atomic E-state index is 14.9. The molecule has 0 fully saturated rings. The summed E-state index contributed by atoms with van der Waals surface area (Å²) in [4.78, 5) is 0. The lowest BCUT2D eigenvalue weighted by molar-refractivity contribution is 0.632. The standard InChI is InChI=1S/C26H24FN/c1-3-26(28)23-11-9-19-14-22(10-8-20(19)15-23)24-13-12-21(16-25(24)27)18-6-4-17(2)5-7-18/h4-16,26H,3,28H2,1-2H3. The molecule has 0 aliphatic carbocycles. The van der Waals surface area contributed by atoms with E-state index >= 15 is 0 Å². The number of hydrogen-bond donors (Lipinski definition) is 1. The number of nitrogens with two attached hydrogens (primary N) is 1. The van der Waals surface area contributed by atoms with E-state index in [1.807, 2.05) is 61.5 Å². The minimum Gasteiger partial charge on any atom is -0.324 e. The molecule has 0 aliphatic rings. The van der Waals surface area contributed by atoms with Gasteiger partial charge in [-0.05, 0) is 64.6 Å². The van der Waals surface area contributed by atoms with Crippen molar-refractivity contribution in [3.63, 3.8) is 0 Å². The molecule has 4 aromatic rings. The SMILES string of the molecule is CCC(N)c1ccc2cc(-c3ccc(-c4ccc(C)cc4)cc3F)ccc2c1. The van der Waals surface area contributed by atoms with Crippen LogP contribution in [0.15, 0.2) is 78.9 Å². The lowest BCUT2D eigenvalue weighted by Crippen LogP contribution is -2.08. The number of aryl methyl sites for hydroxylation is 1. The number of halogens is 1. The van der Waals surface area contributed by atoms with Crippen molar-refractivity contribution in [1.29, 1.82) is 0 Å². The van der Waals surface area contributed by atoms with Crippen LogP contribution >= 0.6 is 0 Å². The van der Waals surface area contributed by atoms with E-state index in [-0.39, 0.29) is 11.9 Å². The smallest absolute Gasteiger partial charge is 0.131 e. The van der Waals surface area contributed by atoms with Gasteiger partial charge in [-0.1, -0.05) is 73.2 Å². The maximum Gasteiger partial charge on any atom is 0.131 e. The van der Waals surface area contributed by atoms with Gasteiger partial charge in [-0.3, -0.25) is 0 Å². The highest BCUT2D eigenvalue weighted by molar-refractivity contribution is 5.88. The first-order chi connectivity index (χ1) is 13.5. The van der Waals surface area contributed by atoms with E-state index in [9.17, 15) is 4.39 Å². The van der Waals surface area contributed by atoms with Gasteiger partial charge in [0.25, 0.3) is 0 Å². The number of hydrogen-bond acceptors (Lipinski definition) is 1. The molecule has 0 spiro atoms. The molecule has 0 aromatic heterocycles. The summed E-state index contributed by atoms with van der Waals surface area (Å²) in [6.07, 6.45) is 0.905. The number of fused-ring (bicyclic) bond motifs is 1. The fourth-order valence-electron chi connectivity index (χ4n) is 3.57. The van der Waals surface area contributed by atoms with Gasteiger partial charge in [-0.15, -0.1) is 0 Å². The molecule has 1 nitrogen and oxygen atoms in total. The zero-order valence-corrected chi connectivity index (χ0v) is 16.2. The second-order valence-electron chi connectivity index (χ2n) is 7.40. The molecule has 0 radical (unpaired) electrons. The number of benzene rings is 4. The molecular weight excluding hydrogens is 345 g/mol. The van der Waals surface area contributed by atoms with Crippen LogP contribution in [0, 0.1) is 12.7 Å². The zero-order chi connectivity index (χ0) is 19.7. The minimum atomic E-state index is -0.206. The molecule has 4 aromatic carbocycles. The zero-order valence-electron chi connectivity index (χ0n) is 16.2. The fourth-order valence-corrected chi connectivity index (χ4v) is 3.57. The van der Waals surface area contributed by atoms with Gasteiger partial charge in [0.05, 0.1) is 0 Å².